The van der Waals surface area contributed by atoms with Crippen molar-refractivity contribution in [2.24, 2.45) is 0 Å². The Kier molecular flexibility index (Phi) is 4.39. The number of thioether (sulfide) groups is 1. The summed E-state index contributed by atoms with van der Waals surface area (Å²) in [5.41, 5.74) is 7.89. The highest BCUT2D eigenvalue weighted by Gasteiger charge is 2.12. The van der Waals surface area contributed by atoms with Crippen molar-refractivity contribution in [2.45, 2.75) is 12.1 Å². The fraction of sp³-hybridized carbons (Fsp3) is 0.167. The van der Waals surface area contributed by atoms with Crippen molar-refractivity contribution in [3.63, 3.8) is 0 Å². The van der Waals surface area contributed by atoms with Gasteiger partial charge in [-0.2, -0.15) is 0 Å². The van der Waals surface area contributed by atoms with Crippen LogP contribution in [0, 0.1) is 6.92 Å². The predicted octanol–water partition coefficient (Wildman–Crippen LogP) is 4.14. The summed E-state index contributed by atoms with van der Waals surface area (Å²) >= 11 is 13.7. The van der Waals surface area contributed by atoms with Crippen molar-refractivity contribution in [1.29, 1.82) is 0 Å². The van der Waals surface area contributed by atoms with Crippen LogP contribution in [0.25, 0.3) is 0 Å². The lowest BCUT2D eigenvalue weighted by Gasteiger charge is -2.14. The normalized spacial score (nSPS) is 10.5. The third-order valence-electron chi connectivity index (χ3n) is 2.49. The smallest absolute Gasteiger partial charge is 0.189 e. The number of halogens is 2. The Morgan fingerprint density at radius 3 is 2.32 bits per heavy atom. The minimum Gasteiger partial charge on any atom is -0.382 e. The zero-order chi connectivity index (χ0) is 14.0. The largest absolute Gasteiger partial charge is 0.382 e. The lowest BCUT2D eigenvalue weighted by atomic mass is 10.2. The molecule has 19 heavy (non-hydrogen) atoms. The van der Waals surface area contributed by atoms with Gasteiger partial charge in [0.25, 0.3) is 0 Å². The molecule has 1 aromatic carbocycles. The van der Waals surface area contributed by atoms with Crippen LogP contribution in [0.4, 0.5) is 17.2 Å². The van der Waals surface area contributed by atoms with Gasteiger partial charge in [0.1, 0.15) is 5.69 Å². The lowest BCUT2D eigenvalue weighted by Crippen LogP contribution is -2.05. The molecule has 1 heterocycles. The SMILES string of the molecule is CSc1nc(C)c(Nc2c(Cl)cccc2Cl)c(N)n1. The molecule has 1 aromatic heterocycles. The summed E-state index contributed by atoms with van der Waals surface area (Å²) in [6, 6.07) is 5.27. The van der Waals surface area contributed by atoms with Gasteiger partial charge in [-0.3, -0.25) is 0 Å². The first-order valence-electron chi connectivity index (χ1n) is 5.42. The molecule has 2 aromatic rings. The van der Waals surface area contributed by atoms with Crippen LogP contribution in [0.3, 0.4) is 0 Å². The van der Waals surface area contributed by atoms with Gasteiger partial charge in [-0.1, -0.05) is 41.0 Å². The molecule has 0 saturated carbocycles. The topological polar surface area (TPSA) is 63.8 Å². The quantitative estimate of drug-likeness (QED) is 0.658. The second-order valence-electron chi connectivity index (χ2n) is 3.78. The molecule has 0 spiro atoms. The Morgan fingerprint density at radius 2 is 1.79 bits per heavy atom. The first kappa shape index (κ1) is 14.2. The van der Waals surface area contributed by atoms with Gasteiger partial charge in [0, 0.05) is 0 Å². The lowest BCUT2D eigenvalue weighted by molar-refractivity contribution is 0.946. The van der Waals surface area contributed by atoms with E-state index in [0.717, 1.165) is 5.69 Å². The van der Waals surface area contributed by atoms with Gasteiger partial charge in [0.05, 0.1) is 21.4 Å². The minimum absolute atomic E-state index is 0.368. The second-order valence-corrected chi connectivity index (χ2v) is 5.37. The second kappa shape index (κ2) is 5.86. The number of aromatic nitrogens is 2. The number of anilines is 3. The molecule has 0 amide bonds. The molecule has 0 unspecified atom stereocenters. The Labute approximate surface area is 125 Å². The van der Waals surface area contributed by atoms with E-state index in [9.17, 15) is 0 Å². The van der Waals surface area contributed by atoms with Crippen molar-refractivity contribution in [3.05, 3.63) is 33.9 Å². The van der Waals surface area contributed by atoms with E-state index in [-0.39, 0.29) is 0 Å². The van der Waals surface area contributed by atoms with E-state index in [2.05, 4.69) is 15.3 Å². The molecular weight excluding hydrogens is 303 g/mol. The van der Waals surface area contributed by atoms with Gasteiger partial charge in [-0.05, 0) is 25.3 Å². The minimum atomic E-state index is 0.368. The summed E-state index contributed by atoms with van der Waals surface area (Å²) in [5.74, 6) is 0.368. The summed E-state index contributed by atoms with van der Waals surface area (Å²) in [6.45, 7) is 1.85. The van der Waals surface area contributed by atoms with E-state index < -0.39 is 0 Å². The first-order chi connectivity index (χ1) is 9.02. The number of nitrogens with zero attached hydrogens (tertiary/aromatic N) is 2. The van der Waals surface area contributed by atoms with Crippen molar-refractivity contribution in [3.8, 4) is 0 Å². The summed E-state index contributed by atoms with van der Waals surface area (Å²) in [7, 11) is 0. The molecule has 0 saturated heterocycles. The number of hydrogen-bond donors (Lipinski definition) is 2. The molecule has 0 bridgehead atoms. The van der Waals surface area contributed by atoms with Crippen LogP contribution >= 0.6 is 35.0 Å². The number of hydrogen-bond acceptors (Lipinski definition) is 5. The van der Waals surface area contributed by atoms with E-state index >= 15 is 0 Å². The molecule has 7 heteroatoms. The fourth-order valence-corrected chi connectivity index (χ4v) is 2.47. The molecule has 0 aliphatic heterocycles. The maximum Gasteiger partial charge on any atom is 0.189 e. The molecule has 0 fully saturated rings. The molecule has 0 aliphatic rings. The standard InChI is InChI=1S/C12H12Cl2N4S/c1-6-9(11(15)18-12(16-6)19-2)17-10-7(13)4-3-5-8(10)14/h3-5,17H,1-2H3,(H2,15,16,18). The van der Waals surface area contributed by atoms with Crippen molar-refractivity contribution in [2.75, 3.05) is 17.3 Å². The van der Waals surface area contributed by atoms with Gasteiger partial charge >= 0.3 is 0 Å². The molecule has 0 aliphatic carbocycles. The summed E-state index contributed by atoms with van der Waals surface area (Å²) < 4.78 is 0. The van der Waals surface area contributed by atoms with Gasteiger partial charge < -0.3 is 11.1 Å². The fourth-order valence-electron chi connectivity index (χ4n) is 1.56. The Bertz CT molecular complexity index is 575. The predicted molar refractivity (Wildman–Crippen MR) is 82.7 cm³/mol. The Hall–Kier alpha value is -1.17. The number of aryl methyl sites for hydroxylation is 1. The van der Waals surface area contributed by atoms with Crippen molar-refractivity contribution >= 4 is 52.2 Å². The summed E-state index contributed by atoms with van der Waals surface area (Å²) in [5, 5.41) is 4.76. The van der Waals surface area contributed by atoms with Crippen LogP contribution in [-0.4, -0.2) is 16.2 Å². The highest BCUT2D eigenvalue weighted by atomic mass is 35.5. The van der Waals surface area contributed by atoms with Crippen LogP contribution in [0.2, 0.25) is 10.0 Å². The maximum atomic E-state index is 6.11. The Balaban J connectivity index is 2.44. The van der Waals surface area contributed by atoms with Crippen molar-refractivity contribution in [1.82, 2.24) is 9.97 Å². The third kappa shape index (κ3) is 3.05. The molecule has 3 N–H and O–H groups in total. The molecule has 0 radical (unpaired) electrons. The molecule has 100 valence electrons. The van der Waals surface area contributed by atoms with E-state index in [1.54, 1.807) is 18.2 Å². The zero-order valence-corrected chi connectivity index (χ0v) is 12.7. The van der Waals surface area contributed by atoms with E-state index in [1.807, 2.05) is 13.2 Å². The zero-order valence-electron chi connectivity index (χ0n) is 10.4. The monoisotopic (exact) mass is 314 g/mol. The number of benzene rings is 1. The maximum absolute atomic E-state index is 6.11. The molecule has 0 atom stereocenters. The number of rotatable bonds is 3. The van der Waals surface area contributed by atoms with Crippen LogP contribution < -0.4 is 11.1 Å². The average Bonchev–Trinajstić information content (AvgIpc) is 2.36. The van der Waals surface area contributed by atoms with Crippen molar-refractivity contribution < 1.29 is 0 Å². The number of nitrogens with two attached hydrogens (primary N) is 1. The van der Waals surface area contributed by atoms with E-state index in [1.165, 1.54) is 11.8 Å². The molecular formula is C12H12Cl2N4S. The van der Waals surface area contributed by atoms with Gasteiger partial charge in [-0.25, -0.2) is 9.97 Å². The highest BCUT2D eigenvalue weighted by Crippen LogP contribution is 2.35. The van der Waals surface area contributed by atoms with Crippen LogP contribution in [0.15, 0.2) is 23.4 Å². The van der Waals surface area contributed by atoms with E-state index in [0.29, 0.717) is 32.4 Å². The third-order valence-corrected chi connectivity index (χ3v) is 3.67. The highest BCUT2D eigenvalue weighted by molar-refractivity contribution is 7.98. The summed E-state index contributed by atoms with van der Waals surface area (Å²) in [4.78, 5) is 8.52. The summed E-state index contributed by atoms with van der Waals surface area (Å²) in [6.07, 6.45) is 1.90. The molecule has 4 nitrogen and oxygen atoms in total. The number of nitrogen functional groups attached to an aromatic ring is 1. The van der Waals surface area contributed by atoms with E-state index in [4.69, 9.17) is 28.9 Å². The molecule has 2 rings (SSSR count). The van der Waals surface area contributed by atoms with Crippen LogP contribution in [0.5, 0.6) is 0 Å². The van der Waals surface area contributed by atoms with Gasteiger partial charge in [0.15, 0.2) is 11.0 Å². The van der Waals surface area contributed by atoms with Gasteiger partial charge in [-0.15, -0.1) is 0 Å². The van der Waals surface area contributed by atoms with Gasteiger partial charge in [0.2, 0.25) is 0 Å². The van der Waals surface area contributed by atoms with Crippen LogP contribution in [0.1, 0.15) is 5.69 Å². The average molecular weight is 315 g/mol. The number of nitrogens with one attached hydrogen (secondary N) is 1. The Morgan fingerprint density at radius 1 is 1.16 bits per heavy atom. The van der Waals surface area contributed by atoms with Crippen LogP contribution in [-0.2, 0) is 0 Å². The first-order valence-corrected chi connectivity index (χ1v) is 7.40. The number of para-hydroxylation sites is 1.